The Hall–Kier alpha value is -2.39. The van der Waals surface area contributed by atoms with Crippen LogP contribution in [-0.4, -0.2) is 43.2 Å². The van der Waals surface area contributed by atoms with E-state index < -0.39 is 16.1 Å². The Morgan fingerprint density at radius 1 is 1.31 bits per heavy atom. The number of aliphatic imine (C=N–C) groups is 1. The van der Waals surface area contributed by atoms with Gasteiger partial charge < -0.3 is 5.32 Å². The van der Waals surface area contributed by atoms with Crippen LogP contribution in [0.25, 0.3) is 0 Å². The van der Waals surface area contributed by atoms with Crippen LogP contribution >= 0.6 is 11.8 Å². The molecule has 136 valence electrons. The van der Waals surface area contributed by atoms with Crippen molar-refractivity contribution in [3.63, 3.8) is 0 Å². The average molecular weight is 390 g/mol. The van der Waals surface area contributed by atoms with Gasteiger partial charge in [-0.1, -0.05) is 12.1 Å². The lowest BCUT2D eigenvalue weighted by Crippen LogP contribution is -2.31. The number of hydrogen-bond acceptors (Lipinski definition) is 6. The Bertz CT molecular complexity index is 930. The largest absolute Gasteiger partial charge is 0.323 e. The number of carbonyl (C=O) groups is 1. The second-order valence-electron chi connectivity index (χ2n) is 5.61. The van der Waals surface area contributed by atoms with Gasteiger partial charge in [0.1, 0.15) is 11.9 Å². The van der Waals surface area contributed by atoms with Gasteiger partial charge in [0.05, 0.1) is 16.8 Å². The summed E-state index contributed by atoms with van der Waals surface area (Å²) in [6.45, 7) is 0. The van der Waals surface area contributed by atoms with Crippen molar-refractivity contribution >= 4 is 39.2 Å². The molecule has 1 aromatic carbocycles. The first-order chi connectivity index (χ1) is 12.5. The number of anilines is 1. The lowest BCUT2D eigenvalue weighted by molar-refractivity contribution is -0.117. The Balaban J connectivity index is 1.89. The number of nitrogens with zero attached hydrogens (tertiary/aromatic N) is 2. The van der Waals surface area contributed by atoms with E-state index in [1.54, 1.807) is 54.5 Å². The number of amidine groups is 1. The zero-order valence-electron chi connectivity index (χ0n) is 14.0. The average Bonchev–Trinajstić information content (AvgIpc) is 2.90. The summed E-state index contributed by atoms with van der Waals surface area (Å²) < 4.78 is 26.9. The van der Waals surface area contributed by atoms with Gasteiger partial charge in [0.2, 0.25) is 5.91 Å². The molecule has 0 spiro atoms. The second kappa shape index (κ2) is 7.88. The molecule has 0 saturated carbocycles. The van der Waals surface area contributed by atoms with Crippen LogP contribution < -0.4 is 10.0 Å². The zero-order valence-corrected chi connectivity index (χ0v) is 15.7. The third-order valence-electron chi connectivity index (χ3n) is 3.77. The van der Waals surface area contributed by atoms with E-state index in [4.69, 9.17) is 0 Å². The van der Waals surface area contributed by atoms with Crippen LogP contribution in [0.2, 0.25) is 0 Å². The van der Waals surface area contributed by atoms with Crippen molar-refractivity contribution in [3.8, 4) is 0 Å². The standard InChI is InChI=1S/C17H18N4O3S2/c1-25-10-8-14(17(22)19-12-5-4-9-18-11-12)20-16-13-6-2-3-7-15(13)26(23,24)21-16/h2-7,9,11,14H,8,10H2,1H3,(H,19,22)(H,20,21)/t14-/m0/s1. The van der Waals surface area contributed by atoms with E-state index in [0.717, 1.165) is 5.75 Å². The van der Waals surface area contributed by atoms with Crippen molar-refractivity contribution < 1.29 is 13.2 Å². The van der Waals surface area contributed by atoms with Gasteiger partial charge in [0, 0.05) is 11.8 Å². The molecule has 1 aliphatic rings. The molecule has 2 N–H and O–H groups in total. The highest BCUT2D eigenvalue weighted by atomic mass is 32.2. The molecule has 1 aromatic heterocycles. The molecule has 0 bridgehead atoms. The van der Waals surface area contributed by atoms with Gasteiger partial charge >= 0.3 is 0 Å². The molecule has 2 aromatic rings. The molecule has 7 nitrogen and oxygen atoms in total. The van der Waals surface area contributed by atoms with Crippen LogP contribution in [0, 0.1) is 0 Å². The molecular formula is C17H18N4O3S2. The van der Waals surface area contributed by atoms with E-state index in [1.807, 2.05) is 6.26 Å². The maximum absolute atomic E-state index is 12.6. The van der Waals surface area contributed by atoms with E-state index in [0.29, 0.717) is 17.7 Å². The smallest absolute Gasteiger partial charge is 0.263 e. The number of aromatic nitrogens is 1. The number of carbonyl (C=O) groups excluding carboxylic acids is 1. The van der Waals surface area contributed by atoms with Crippen LogP contribution in [0.5, 0.6) is 0 Å². The van der Waals surface area contributed by atoms with Crippen molar-refractivity contribution in [2.45, 2.75) is 17.4 Å². The van der Waals surface area contributed by atoms with Crippen molar-refractivity contribution in [1.82, 2.24) is 9.71 Å². The summed E-state index contributed by atoms with van der Waals surface area (Å²) in [6, 6.07) is 9.33. The van der Waals surface area contributed by atoms with Crippen molar-refractivity contribution in [2.24, 2.45) is 4.99 Å². The first-order valence-corrected chi connectivity index (χ1v) is 10.8. The Labute approximate surface area is 156 Å². The summed E-state index contributed by atoms with van der Waals surface area (Å²) in [5.41, 5.74) is 1.05. The summed E-state index contributed by atoms with van der Waals surface area (Å²) in [5, 5.41) is 2.77. The third kappa shape index (κ3) is 4.05. The summed E-state index contributed by atoms with van der Waals surface area (Å²) in [6.07, 6.45) is 5.59. The molecule has 26 heavy (non-hydrogen) atoms. The second-order valence-corrected chi connectivity index (χ2v) is 8.24. The fourth-order valence-corrected chi connectivity index (χ4v) is 4.23. The predicted molar refractivity (Wildman–Crippen MR) is 103 cm³/mol. The highest BCUT2D eigenvalue weighted by molar-refractivity contribution is 7.98. The number of benzene rings is 1. The molecule has 0 aliphatic carbocycles. The molecule has 9 heteroatoms. The minimum absolute atomic E-state index is 0.176. The van der Waals surface area contributed by atoms with Gasteiger partial charge in [-0.05, 0) is 42.7 Å². The third-order valence-corrected chi connectivity index (χ3v) is 5.82. The summed E-state index contributed by atoms with van der Waals surface area (Å²) in [5.74, 6) is 0.618. The number of rotatable bonds is 6. The quantitative estimate of drug-likeness (QED) is 0.784. The number of thioether (sulfide) groups is 1. The van der Waals surface area contributed by atoms with Gasteiger partial charge in [-0.25, -0.2) is 8.42 Å². The molecule has 0 saturated heterocycles. The van der Waals surface area contributed by atoms with Crippen molar-refractivity contribution in [1.29, 1.82) is 0 Å². The molecule has 1 atom stereocenters. The monoisotopic (exact) mass is 390 g/mol. The Morgan fingerprint density at radius 2 is 2.12 bits per heavy atom. The number of nitrogens with one attached hydrogen (secondary N) is 2. The highest BCUT2D eigenvalue weighted by Gasteiger charge is 2.31. The van der Waals surface area contributed by atoms with Crippen LogP contribution in [0.15, 0.2) is 58.7 Å². The minimum Gasteiger partial charge on any atom is -0.323 e. The number of sulfonamides is 1. The molecule has 1 aliphatic heterocycles. The first kappa shape index (κ1) is 18.4. The molecule has 1 amide bonds. The fraction of sp³-hybridized carbons (Fsp3) is 0.235. The van der Waals surface area contributed by atoms with E-state index in [9.17, 15) is 13.2 Å². The number of amides is 1. The summed E-state index contributed by atoms with van der Waals surface area (Å²) >= 11 is 1.60. The zero-order chi connectivity index (χ0) is 18.6. The number of pyridine rings is 1. The Morgan fingerprint density at radius 3 is 2.85 bits per heavy atom. The number of fused-ring (bicyclic) bond motifs is 1. The van der Waals surface area contributed by atoms with Crippen LogP contribution in [0.3, 0.4) is 0 Å². The predicted octanol–water partition coefficient (Wildman–Crippen LogP) is 1.88. The van der Waals surface area contributed by atoms with Gasteiger partial charge in [-0.2, -0.15) is 11.8 Å². The summed E-state index contributed by atoms with van der Waals surface area (Å²) in [4.78, 5) is 21.2. The van der Waals surface area contributed by atoms with E-state index in [2.05, 4.69) is 20.0 Å². The fourth-order valence-electron chi connectivity index (χ4n) is 2.53. The van der Waals surface area contributed by atoms with E-state index >= 15 is 0 Å². The SMILES string of the molecule is CSCC[C@H](N=C1NS(=O)(=O)c2ccccc21)C(=O)Nc1cccnc1. The highest BCUT2D eigenvalue weighted by Crippen LogP contribution is 2.23. The van der Waals surface area contributed by atoms with Gasteiger partial charge in [0.15, 0.2) is 0 Å². The lowest BCUT2D eigenvalue weighted by Gasteiger charge is -2.13. The van der Waals surface area contributed by atoms with Gasteiger partial charge in [-0.15, -0.1) is 0 Å². The minimum atomic E-state index is -3.63. The maximum atomic E-state index is 12.6. The van der Waals surface area contributed by atoms with E-state index in [-0.39, 0.29) is 16.6 Å². The number of hydrogen-bond donors (Lipinski definition) is 2. The van der Waals surface area contributed by atoms with Crippen LogP contribution in [-0.2, 0) is 14.8 Å². The molecule has 0 unspecified atom stereocenters. The first-order valence-electron chi connectivity index (χ1n) is 7.91. The molecule has 3 rings (SSSR count). The van der Waals surface area contributed by atoms with Crippen LogP contribution in [0.4, 0.5) is 5.69 Å². The maximum Gasteiger partial charge on any atom is 0.263 e. The topological polar surface area (TPSA) is 101 Å². The molecule has 2 heterocycles. The van der Waals surface area contributed by atoms with Crippen molar-refractivity contribution in [2.75, 3.05) is 17.3 Å². The lowest BCUT2D eigenvalue weighted by atomic mass is 10.1. The molecule has 0 fully saturated rings. The van der Waals surface area contributed by atoms with E-state index in [1.165, 1.54) is 6.07 Å². The molecule has 0 radical (unpaired) electrons. The van der Waals surface area contributed by atoms with Gasteiger partial charge in [0.25, 0.3) is 10.0 Å². The Kier molecular flexibility index (Phi) is 5.58. The van der Waals surface area contributed by atoms with Crippen LogP contribution in [0.1, 0.15) is 12.0 Å². The normalized spacial score (nSPS) is 17.3. The van der Waals surface area contributed by atoms with Gasteiger partial charge in [-0.3, -0.25) is 19.5 Å². The summed E-state index contributed by atoms with van der Waals surface area (Å²) in [7, 11) is -3.63. The van der Waals surface area contributed by atoms with Crippen molar-refractivity contribution in [3.05, 3.63) is 54.4 Å². The molecular weight excluding hydrogens is 372 g/mol.